The zero-order chi connectivity index (χ0) is 15.4. The van der Waals surface area contributed by atoms with Gasteiger partial charge < -0.3 is 15.3 Å². The predicted molar refractivity (Wildman–Crippen MR) is 87.9 cm³/mol. The van der Waals surface area contributed by atoms with Gasteiger partial charge in [0.15, 0.2) is 0 Å². The highest BCUT2D eigenvalue weighted by molar-refractivity contribution is 5.85. The number of hydrogen-bond donors (Lipinski definition) is 2. The first-order chi connectivity index (χ1) is 10.7. The van der Waals surface area contributed by atoms with E-state index in [0.29, 0.717) is 12.8 Å². The number of para-hydroxylation sites is 1. The standard InChI is InChI=1S/C18H26N2O2/c21-17(18(22)11-5-2-6-12-18)19-15-9-13-20(14-10-15)16-7-3-1-4-8-16/h1,3-4,7-8,15,22H,2,5-6,9-14H2,(H,19,21). The molecule has 1 saturated carbocycles. The largest absolute Gasteiger partial charge is 0.380 e. The number of nitrogens with zero attached hydrogens (tertiary/aromatic N) is 1. The molecule has 2 N–H and O–H groups in total. The molecule has 1 amide bonds. The SMILES string of the molecule is O=C(NC1CCN(c2ccccc2)CC1)C1(O)CCCCC1. The summed E-state index contributed by atoms with van der Waals surface area (Å²) in [4.78, 5) is 14.7. The van der Waals surface area contributed by atoms with Crippen molar-refractivity contribution >= 4 is 11.6 Å². The molecule has 1 aromatic rings. The van der Waals surface area contributed by atoms with Crippen molar-refractivity contribution < 1.29 is 9.90 Å². The van der Waals surface area contributed by atoms with Crippen LogP contribution in [0.25, 0.3) is 0 Å². The molecule has 0 bridgehead atoms. The summed E-state index contributed by atoms with van der Waals surface area (Å²) < 4.78 is 0. The smallest absolute Gasteiger partial charge is 0.252 e. The molecule has 0 spiro atoms. The molecule has 1 aliphatic heterocycles. The normalized spacial score (nSPS) is 22.3. The van der Waals surface area contributed by atoms with Crippen LogP contribution in [0.5, 0.6) is 0 Å². The lowest BCUT2D eigenvalue weighted by Gasteiger charge is -2.36. The molecule has 2 fully saturated rings. The fourth-order valence-electron chi connectivity index (χ4n) is 3.60. The Morgan fingerprint density at radius 2 is 1.73 bits per heavy atom. The lowest BCUT2D eigenvalue weighted by atomic mass is 9.84. The summed E-state index contributed by atoms with van der Waals surface area (Å²) in [5.74, 6) is -0.148. The molecule has 22 heavy (non-hydrogen) atoms. The van der Waals surface area contributed by atoms with E-state index < -0.39 is 5.60 Å². The third-order valence-corrected chi connectivity index (χ3v) is 5.05. The van der Waals surface area contributed by atoms with Crippen molar-refractivity contribution in [3.05, 3.63) is 30.3 Å². The molecule has 3 rings (SSSR count). The maximum atomic E-state index is 12.4. The minimum Gasteiger partial charge on any atom is -0.380 e. The van der Waals surface area contributed by atoms with Crippen LogP contribution in [0.1, 0.15) is 44.9 Å². The minimum absolute atomic E-state index is 0.148. The van der Waals surface area contributed by atoms with E-state index in [9.17, 15) is 9.90 Å². The Bertz CT molecular complexity index is 489. The fraction of sp³-hybridized carbons (Fsp3) is 0.611. The maximum Gasteiger partial charge on any atom is 0.252 e. The molecule has 1 heterocycles. The predicted octanol–water partition coefficient (Wildman–Crippen LogP) is 2.47. The van der Waals surface area contributed by atoms with Gasteiger partial charge in [-0.1, -0.05) is 37.5 Å². The van der Waals surface area contributed by atoms with E-state index in [0.717, 1.165) is 45.2 Å². The molecule has 0 aromatic heterocycles. The van der Waals surface area contributed by atoms with Crippen LogP contribution in [0.15, 0.2) is 30.3 Å². The summed E-state index contributed by atoms with van der Waals surface area (Å²) in [6.45, 7) is 1.90. The Morgan fingerprint density at radius 1 is 1.09 bits per heavy atom. The van der Waals surface area contributed by atoms with E-state index in [4.69, 9.17) is 0 Å². The van der Waals surface area contributed by atoms with Gasteiger partial charge in [0.2, 0.25) is 0 Å². The van der Waals surface area contributed by atoms with Crippen LogP contribution in [0.3, 0.4) is 0 Å². The molecule has 0 unspecified atom stereocenters. The molecule has 4 heteroatoms. The van der Waals surface area contributed by atoms with E-state index >= 15 is 0 Å². The number of carbonyl (C=O) groups excluding carboxylic acids is 1. The van der Waals surface area contributed by atoms with Crippen LogP contribution < -0.4 is 10.2 Å². The van der Waals surface area contributed by atoms with Gasteiger partial charge in [0.05, 0.1) is 0 Å². The van der Waals surface area contributed by atoms with Crippen molar-refractivity contribution in [3.63, 3.8) is 0 Å². The number of piperidine rings is 1. The molecule has 0 radical (unpaired) electrons. The first kappa shape index (κ1) is 15.3. The summed E-state index contributed by atoms with van der Waals surface area (Å²) in [7, 11) is 0. The van der Waals surface area contributed by atoms with Gasteiger partial charge in [0.25, 0.3) is 5.91 Å². The van der Waals surface area contributed by atoms with E-state index in [-0.39, 0.29) is 11.9 Å². The highest BCUT2D eigenvalue weighted by Crippen LogP contribution is 2.28. The second-order valence-electron chi connectivity index (χ2n) is 6.66. The van der Waals surface area contributed by atoms with Crippen molar-refractivity contribution in [2.75, 3.05) is 18.0 Å². The molecular weight excluding hydrogens is 276 g/mol. The second-order valence-corrected chi connectivity index (χ2v) is 6.66. The van der Waals surface area contributed by atoms with Crippen molar-refractivity contribution in [2.24, 2.45) is 0 Å². The molecule has 1 aromatic carbocycles. The molecule has 2 aliphatic rings. The van der Waals surface area contributed by atoms with Crippen molar-refractivity contribution in [1.29, 1.82) is 0 Å². The number of benzene rings is 1. The summed E-state index contributed by atoms with van der Waals surface area (Å²) in [6, 6.07) is 10.6. The summed E-state index contributed by atoms with van der Waals surface area (Å²) in [5.41, 5.74) is 0.132. The monoisotopic (exact) mass is 302 g/mol. The van der Waals surface area contributed by atoms with Crippen LogP contribution in [0, 0.1) is 0 Å². The van der Waals surface area contributed by atoms with Gasteiger partial charge in [0, 0.05) is 24.8 Å². The lowest BCUT2D eigenvalue weighted by molar-refractivity contribution is -0.143. The Labute approximate surface area is 132 Å². The molecule has 4 nitrogen and oxygen atoms in total. The Morgan fingerprint density at radius 3 is 2.36 bits per heavy atom. The molecule has 1 aliphatic carbocycles. The number of hydrogen-bond acceptors (Lipinski definition) is 3. The van der Waals surface area contributed by atoms with Crippen LogP contribution in [0.2, 0.25) is 0 Å². The van der Waals surface area contributed by atoms with Gasteiger partial charge in [-0.3, -0.25) is 4.79 Å². The zero-order valence-corrected chi connectivity index (χ0v) is 13.1. The third kappa shape index (κ3) is 3.43. The number of rotatable bonds is 3. The number of aliphatic hydroxyl groups is 1. The molecule has 1 saturated heterocycles. The number of amides is 1. The van der Waals surface area contributed by atoms with E-state index in [2.05, 4.69) is 34.5 Å². The highest BCUT2D eigenvalue weighted by atomic mass is 16.3. The average molecular weight is 302 g/mol. The first-order valence-electron chi connectivity index (χ1n) is 8.51. The van der Waals surface area contributed by atoms with Gasteiger partial charge in [0.1, 0.15) is 5.60 Å². The first-order valence-corrected chi connectivity index (χ1v) is 8.51. The van der Waals surface area contributed by atoms with Crippen LogP contribution >= 0.6 is 0 Å². The van der Waals surface area contributed by atoms with Crippen molar-refractivity contribution in [2.45, 2.75) is 56.6 Å². The van der Waals surface area contributed by atoms with Crippen LogP contribution in [-0.4, -0.2) is 35.7 Å². The van der Waals surface area contributed by atoms with E-state index in [1.165, 1.54) is 5.69 Å². The number of anilines is 1. The molecular formula is C18H26N2O2. The van der Waals surface area contributed by atoms with Gasteiger partial charge in [-0.25, -0.2) is 0 Å². The van der Waals surface area contributed by atoms with Gasteiger partial charge >= 0.3 is 0 Å². The molecule has 120 valence electrons. The van der Waals surface area contributed by atoms with Gasteiger partial charge in [-0.05, 0) is 37.8 Å². The topological polar surface area (TPSA) is 52.6 Å². The quantitative estimate of drug-likeness (QED) is 0.902. The Hall–Kier alpha value is -1.55. The average Bonchev–Trinajstić information content (AvgIpc) is 2.57. The summed E-state index contributed by atoms with van der Waals surface area (Å²) in [6.07, 6.45) is 6.15. The fourth-order valence-corrected chi connectivity index (χ4v) is 3.60. The third-order valence-electron chi connectivity index (χ3n) is 5.05. The van der Waals surface area contributed by atoms with Crippen molar-refractivity contribution in [1.82, 2.24) is 5.32 Å². The minimum atomic E-state index is -1.12. The molecule has 0 atom stereocenters. The Balaban J connectivity index is 1.50. The van der Waals surface area contributed by atoms with E-state index in [1.54, 1.807) is 0 Å². The zero-order valence-electron chi connectivity index (χ0n) is 13.1. The summed E-state index contributed by atoms with van der Waals surface area (Å²) >= 11 is 0. The van der Waals surface area contributed by atoms with E-state index in [1.807, 2.05) is 6.07 Å². The number of nitrogens with one attached hydrogen (secondary N) is 1. The lowest BCUT2D eigenvalue weighted by Crippen LogP contribution is -2.53. The number of carbonyl (C=O) groups is 1. The van der Waals surface area contributed by atoms with Crippen molar-refractivity contribution in [3.8, 4) is 0 Å². The van der Waals surface area contributed by atoms with Crippen LogP contribution in [-0.2, 0) is 4.79 Å². The highest BCUT2D eigenvalue weighted by Gasteiger charge is 2.38. The van der Waals surface area contributed by atoms with Gasteiger partial charge in [-0.2, -0.15) is 0 Å². The van der Waals surface area contributed by atoms with Gasteiger partial charge in [-0.15, -0.1) is 0 Å². The summed E-state index contributed by atoms with van der Waals surface area (Å²) in [5, 5.41) is 13.6. The van der Waals surface area contributed by atoms with Crippen LogP contribution in [0.4, 0.5) is 5.69 Å². The Kier molecular flexibility index (Phi) is 4.67. The second kappa shape index (κ2) is 6.69. The maximum absolute atomic E-state index is 12.4.